The standard InChI is InChI=1S/C13H11F2NO3/c1-18-12(17)5-3-9-7-16-19-13(9)8-2-4-10(14)11(15)6-8/h2,4,6-7H,3,5H2,1H3. The first-order chi connectivity index (χ1) is 9.11. The van der Waals surface area contributed by atoms with E-state index in [4.69, 9.17) is 4.52 Å². The summed E-state index contributed by atoms with van der Waals surface area (Å²) in [6, 6.07) is 3.43. The van der Waals surface area contributed by atoms with Gasteiger partial charge in [-0.25, -0.2) is 8.78 Å². The molecule has 0 amide bonds. The monoisotopic (exact) mass is 267 g/mol. The second kappa shape index (κ2) is 5.60. The molecule has 0 N–H and O–H groups in total. The lowest BCUT2D eigenvalue weighted by atomic mass is 10.1. The van der Waals surface area contributed by atoms with Crippen molar-refractivity contribution in [1.82, 2.24) is 5.16 Å². The molecule has 0 atom stereocenters. The molecule has 0 radical (unpaired) electrons. The van der Waals surface area contributed by atoms with Gasteiger partial charge >= 0.3 is 5.97 Å². The maximum absolute atomic E-state index is 13.2. The molecule has 1 heterocycles. The Balaban J connectivity index is 2.23. The third kappa shape index (κ3) is 2.96. The maximum atomic E-state index is 13.2. The molecule has 1 aromatic heterocycles. The highest BCUT2D eigenvalue weighted by molar-refractivity contribution is 5.70. The Morgan fingerprint density at radius 2 is 2.16 bits per heavy atom. The summed E-state index contributed by atoms with van der Waals surface area (Å²) in [5.74, 6) is -1.94. The average Bonchev–Trinajstić information content (AvgIpc) is 2.87. The maximum Gasteiger partial charge on any atom is 0.305 e. The Labute approximate surface area is 108 Å². The number of methoxy groups -OCH3 is 1. The van der Waals surface area contributed by atoms with E-state index in [1.54, 1.807) is 0 Å². The number of esters is 1. The fraction of sp³-hybridized carbons (Fsp3) is 0.231. The normalized spacial score (nSPS) is 10.5. The van der Waals surface area contributed by atoms with Gasteiger partial charge in [-0.3, -0.25) is 4.79 Å². The summed E-state index contributed by atoms with van der Waals surface area (Å²) >= 11 is 0. The van der Waals surface area contributed by atoms with Gasteiger partial charge in [0, 0.05) is 17.5 Å². The minimum atomic E-state index is -0.965. The van der Waals surface area contributed by atoms with E-state index in [0.29, 0.717) is 23.3 Å². The molecule has 19 heavy (non-hydrogen) atoms. The molecule has 0 saturated carbocycles. The molecule has 6 heteroatoms. The van der Waals surface area contributed by atoms with Gasteiger partial charge in [0.25, 0.3) is 0 Å². The number of hydrogen-bond acceptors (Lipinski definition) is 4. The predicted octanol–water partition coefficient (Wildman–Crippen LogP) is 2.73. The van der Waals surface area contributed by atoms with E-state index in [9.17, 15) is 13.6 Å². The Morgan fingerprint density at radius 3 is 2.84 bits per heavy atom. The molecule has 0 aliphatic heterocycles. The van der Waals surface area contributed by atoms with Crippen molar-refractivity contribution >= 4 is 5.97 Å². The largest absolute Gasteiger partial charge is 0.469 e. The van der Waals surface area contributed by atoms with Crippen molar-refractivity contribution in [3.63, 3.8) is 0 Å². The topological polar surface area (TPSA) is 52.3 Å². The number of ether oxygens (including phenoxy) is 1. The number of aromatic nitrogens is 1. The summed E-state index contributed by atoms with van der Waals surface area (Å²) in [5.41, 5.74) is 1.01. The van der Waals surface area contributed by atoms with Gasteiger partial charge in [0.1, 0.15) is 0 Å². The van der Waals surface area contributed by atoms with E-state index >= 15 is 0 Å². The van der Waals surface area contributed by atoms with Crippen molar-refractivity contribution in [2.45, 2.75) is 12.8 Å². The number of carbonyl (C=O) groups excluding carboxylic acids is 1. The van der Waals surface area contributed by atoms with Gasteiger partial charge in [-0.1, -0.05) is 5.16 Å². The molecule has 0 fully saturated rings. The molecular formula is C13H11F2NO3. The molecule has 1 aromatic carbocycles. The molecule has 0 unspecified atom stereocenters. The number of aryl methyl sites for hydroxylation is 1. The zero-order valence-electron chi connectivity index (χ0n) is 10.2. The first-order valence-electron chi connectivity index (χ1n) is 5.57. The van der Waals surface area contributed by atoms with Crippen molar-refractivity contribution in [2.75, 3.05) is 7.11 Å². The number of hydrogen-bond donors (Lipinski definition) is 0. The molecule has 2 aromatic rings. The van der Waals surface area contributed by atoms with Crippen LogP contribution in [-0.4, -0.2) is 18.2 Å². The van der Waals surface area contributed by atoms with Gasteiger partial charge in [0.05, 0.1) is 13.3 Å². The van der Waals surface area contributed by atoms with Crippen LogP contribution in [0.15, 0.2) is 28.9 Å². The highest BCUT2D eigenvalue weighted by Crippen LogP contribution is 2.26. The summed E-state index contributed by atoms with van der Waals surface area (Å²) in [7, 11) is 1.30. The van der Waals surface area contributed by atoms with Crippen LogP contribution in [0.5, 0.6) is 0 Å². The van der Waals surface area contributed by atoms with E-state index in [1.807, 2.05) is 0 Å². The second-order valence-electron chi connectivity index (χ2n) is 3.89. The Hall–Kier alpha value is -2.24. The number of rotatable bonds is 4. The van der Waals surface area contributed by atoms with E-state index in [-0.39, 0.29) is 12.4 Å². The predicted molar refractivity (Wildman–Crippen MR) is 62.2 cm³/mol. The van der Waals surface area contributed by atoms with E-state index < -0.39 is 11.6 Å². The highest BCUT2D eigenvalue weighted by atomic mass is 19.2. The summed E-state index contributed by atoms with van der Waals surface area (Å²) in [5, 5.41) is 3.61. The third-order valence-electron chi connectivity index (χ3n) is 2.65. The van der Waals surface area contributed by atoms with Crippen LogP contribution in [-0.2, 0) is 16.0 Å². The lowest BCUT2D eigenvalue weighted by Crippen LogP contribution is -2.02. The van der Waals surface area contributed by atoms with Crippen LogP contribution in [0, 0.1) is 11.6 Å². The summed E-state index contributed by atoms with van der Waals surface area (Å²) in [4.78, 5) is 11.1. The van der Waals surface area contributed by atoms with Gasteiger partial charge in [-0.15, -0.1) is 0 Å². The van der Waals surface area contributed by atoms with Crippen molar-refractivity contribution in [1.29, 1.82) is 0 Å². The average molecular weight is 267 g/mol. The van der Waals surface area contributed by atoms with Crippen LogP contribution in [0.2, 0.25) is 0 Å². The molecule has 100 valence electrons. The van der Waals surface area contributed by atoms with E-state index in [1.165, 1.54) is 19.4 Å². The molecular weight excluding hydrogens is 256 g/mol. The third-order valence-corrected chi connectivity index (χ3v) is 2.65. The van der Waals surface area contributed by atoms with Crippen molar-refractivity contribution in [3.8, 4) is 11.3 Å². The number of halogens is 2. The molecule has 0 spiro atoms. The smallest absolute Gasteiger partial charge is 0.305 e. The van der Waals surface area contributed by atoms with Crippen LogP contribution in [0.25, 0.3) is 11.3 Å². The van der Waals surface area contributed by atoms with Crippen molar-refractivity contribution < 1.29 is 22.8 Å². The zero-order chi connectivity index (χ0) is 13.8. The second-order valence-corrected chi connectivity index (χ2v) is 3.89. The lowest BCUT2D eigenvalue weighted by Gasteiger charge is -2.02. The van der Waals surface area contributed by atoms with Crippen molar-refractivity contribution in [2.24, 2.45) is 0 Å². The first-order valence-corrected chi connectivity index (χ1v) is 5.57. The van der Waals surface area contributed by atoms with Gasteiger partial charge < -0.3 is 9.26 Å². The Bertz CT molecular complexity index is 595. The van der Waals surface area contributed by atoms with Gasteiger partial charge in [0.15, 0.2) is 17.4 Å². The zero-order valence-corrected chi connectivity index (χ0v) is 10.2. The van der Waals surface area contributed by atoms with Crippen LogP contribution >= 0.6 is 0 Å². The van der Waals surface area contributed by atoms with Gasteiger partial charge in [-0.2, -0.15) is 0 Å². The quantitative estimate of drug-likeness (QED) is 0.799. The van der Waals surface area contributed by atoms with Crippen LogP contribution in [0.3, 0.4) is 0 Å². The number of benzene rings is 1. The van der Waals surface area contributed by atoms with Gasteiger partial charge in [0.2, 0.25) is 0 Å². The minimum absolute atomic E-state index is 0.161. The SMILES string of the molecule is COC(=O)CCc1cnoc1-c1ccc(F)c(F)c1. The summed E-state index contributed by atoms with van der Waals surface area (Å²) < 4.78 is 35.6. The molecule has 4 nitrogen and oxygen atoms in total. The Kier molecular flexibility index (Phi) is 3.89. The van der Waals surface area contributed by atoms with Crippen LogP contribution < -0.4 is 0 Å². The lowest BCUT2D eigenvalue weighted by molar-refractivity contribution is -0.140. The van der Waals surface area contributed by atoms with Gasteiger partial charge in [-0.05, 0) is 24.6 Å². The Morgan fingerprint density at radius 1 is 1.37 bits per heavy atom. The molecule has 0 aliphatic rings. The first kappa shape index (κ1) is 13.2. The fourth-order valence-electron chi connectivity index (χ4n) is 1.65. The highest BCUT2D eigenvalue weighted by Gasteiger charge is 2.14. The number of nitrogens with zero attached hydrogens (tertiary/aromatic N) is 1. The molecule has 0 bridgehead atoms. The molecule has 2 rings (SSSR count). The van der Waals surface area contributed by atoms with E-state index in [2.05, 4.69) is 9.89 Å². The molecule has 0 saturated heterocycles. The summed E-state index contributed by atoms with van der Waals surface area (Å²) in [6.07, 6.45) is 1.96. The number of carbonyl (C=O) groups is 1. The van der Waals surface area contributed by atoms with Crippen molar-refractivity contribution in [3.05, 3.63) is 41.6 Å². The molecule has 0 aliphatic carbocycles. The fourth-order valence-corrected chi connectivity index (χ4v) is 1.65. The van der Waals surface area contributed by atoms with Crippen LogP contribution in [0.1, 0.15) is 12.0 Å². The van der Waals surface area contributed by atoms with E-state index in [0.717, 1.165) is 12.1 Å². The van der Waals surface area contributed by atoms with Crippen LogP contribution in [0.4, 0.5) is 8.78 Å². The summed E-state index contributed by atoms with van der Waals surface area (Å²) in [6.45, 7) is 0. The minimum Gasteiger partial charge on any atom is -0.469 e.